The summed E-state index contributed by atoms with van der Waals surface area (Å²) in [5.74, 6) is -0.972. The lowest BCUT2D eigenvalue weighted by atomic mass is 10.1. The molecule has 0 aliphatic heterocycles. The second-order valence-electron chi connectivity index (χ2n) is 6.46. The lowest BCUT2D eigenvalue weighted by Crippen LogP contribution is -2.18. The van der Waals surface area contributed by atoms with Crippen molar-refractivity contribution in [3.05, 3.63) is 70.1 Å². The first-order valence-corrected chi connectivity index (χ1v) is 10.7. The van der Waals surface area contributed by atoms with Gasteiger partial charge >= 0.3 is 5.97 Å². The van der Waals surface area contributed by atoms with Crippen LogP contribution in [0.15, 0.2) is 59.0 Å². The van der Waals surface area contributed by atoms with Crippen LogP contribution >= 0.6 is 22.9 Å². The minimum Gasteiger partial charge on any atom is -0.478 e. The highest BCUT2D eigenvalue weighted by Crippen LogP contribution is 2.32. The number of carbonyl (C=O) groups is 1. The third-order valence-electron chi connectivity index (χ3n) is 4.36. The Bertz CT molecular complexity index is 1000. The molecule has 1 N–H and O–H groups in total. The molecular weight excluding hydrogens is 406 g/mol. The first-order valence-electron chi connectivity index (χ1n) is 9.44. The van der Waals surface area contributed by atoms with E-state index in [0.29, 0.717) is 17.1 Å². The standard InChI is InChI=1S/C22H22ClN3O2S/c1-2-3-8-13-26(24-14-16-9-4-5-10-17(16)21(27)28)22-25-20(15-29-22)18-11-6-7-12-19(18)23/h4-7,9-12,14-15H,2-3,8,13H2,1H3,(H,27,28). The fraction of sp³-hybridized carbons (Fsp3) is 0.227. The summed E-state index contributed by atoms with van der Waals surface area (Å²) in [5, 5.41) is 19.1. The number of anilines is 1. The van der Waals surface area contributed by atoms with Crippen LogP contribution in [0, 0.1) is 0 Å². The van der Waals surface area contributed by atoms with Gasteiger partial charge in [-0.1, -0.05) is 67.8 Å². The molecule has 0 unspecified atom stereocenters. The Morgan fingerprint density at radius 1 is 1.21 bits per heavy atom. The number of halogens is 1. The smallest absolute Gasteiger partial charge is 0.336 e. The average molecular weight is 428 g/mol. The molecule has 0 atom stereocenters. The zero-order valence-electron chi connectivity index (χ0n) is 16.1. The second-order valence-corrected chi connectivity index (χ2v) is 7.71. The van der Waals surface area contributed by atoms with Crippen LogP contribution in [0.3, 0.4) is 0 Å². The number of aromatic carboxylic acids is 1. The van der Waals surface area contributed by atoms with Crippen LogP contribution in [0.1, 0.15) is 42.1 Å². The van der Waals surface area contributed by atoms with E-state index in [1.54, 1.807) is 30.5 Å². The Morgan fingerprint density at radius 2 is 1.97 bits per heavy atom. The largest absolute Gasteiger partial charge is 0.478 e. The third-order valence-corrected chi connectivity index (χ3v) is 5.55. The molecule has 3 rings (SSSR count). The highest BCUT2D eigenvalue weighted by Gasteiger charge is 2.14. The summed E-state index contributed by atoms with van der Waals surface area (Å²) in [7, 11) is 0. The molecule has 29 heavy (non-hydrogen) atoms. The molecule has 0 saturated carbocycles. The van der Waals surface area contributed by atoms with E-state index in [2.05, 4.69) is 12.0 Å². The SMILES string of the molecule is CCCCCN(N=Cc1ccccc1C(=O)O)c1nc(-c2ccccc2Cl)cs1. The van der Waals surface area contributed by atoms with Crippen molar-refractivity contribution in [2.45, 2.75) is 26.2 Å². The number of thiazole rings is 1. The molecule has 0 radical (unpaired) electrons. The van der Waals surface area contributed by atoms with Gasteiger partial charge in [-0.15, -0.1) is 11.3 Å². The van der Waals surface area contributed by atoms with E-state index in [9.17, 15) is 9.90 Å². The van der Waals surface area contributed by atoms with E-state index in [1.807, 2.05) is 34.7 Å². The number of nitrogens with zero attached hydrogens (tertiary/aromatic N) is 3. The zero-order valence-corrected chi connectivity index (χ0v) is 17.7. The molecule has 5 nitrogen and oxygen atoms in total. The van der Waals surface area contributed by atoms with Gasteiger partial charge in [0.2, 0.25) is 5.13 Å². The molecule has 0 bridgehead atoms. The molecule has 2 aromatic carbocycles. The van der Waals surface area contributed by atoms with E-state index in [-0.39, 0.29) is 5.56 Å². The summed E-state index contributed by atoms with van der Waals surface area (Å²) < 4.78 is 0. The van der Waals surface area contributed by atoms with E-state index < -0.39 is 5.97 Å². The van der Waals surface area contributed by atoms with Gasteiger partial charge in [0, 0.05) is 28.1 Å². The van der Waals surface area contributed by atoms with Gasteiger partial charge in [-0.25, -0.2) is 14.8 Å². The molecule has 0 amide bonds. The molecular formula is C22H22ClN3O2S. The number of unbranched alkanes of at least 4 members (excludes halogenated alkanes) is 2. The van der Waals surface area contributed by atoms with Gasteiger partial charge in [-0.2, -0.15) is 5.10 Å². The predicted octanol–water partition coefficient (Wildman–Crippen LogP) is 6.19. The molecule has 1 heterocycles. The predicted molar refractivity (Wildman–Crippen MR) is 120 cm³/mol. The number of rotatable bonds is 9. The topological polar surface area (TPSA) is 65.8 Å². The van der Waals surface area contributed by atoms with Crippen LogP contribution in [0.5, 0.6) is 0 Å². The summed E-state index contributed by atoms with van der Waals surface area (Å²) in [6.45, 7) is 2.85. The van der Waals surface area contributed by atoms with Crippen molar-refractivity contribution in [3.8, 4) is 11.3 Å². The molecule has 3 aromatic rings. The summed E-state index contributed by atoms with van der Waals surface area (Å²) in [6.07, 6.45) is 4.74. The van der Waals surface area contributed by atoms with E-state index in [4.69, 9.17) is 16.6 Å². The van der Waals surface area contributed by atoms with Crippen LogP contribution < -0.4 is 5.01 Å². The summed E-state index contributed by atoms with van der Waals surface area (Å²) in [4.78, 5) is 16.2. The summed E-state index contributed by atoms with van der Waals surface area (Å²) in [6, 6.07) is 14.4. The maximum absolute atomic E-state index is 11.4. The van der Waals surface area contributed by atoms with Crippen molar-refractivity contribution < 1.29 is 9.90 Å². The first-order chi connectivity index (χ1) is 14.1. The minimum absolute atomic E-state index is 0.223. The third kappa shape index (κ3) is 5.43. The summed E-state index contributed by atoms with van der Waals surface area (Å²) in [5.41, 5.74) is 2.46. The quantitative estimate of drug-likeness (QED) is 0.251. The molecule has 0 saturated heterocycles. The van der Waals surface area contributed by atoms with Gasteiger partial charge < -0.3 is 5.11 Å². The Hall–Kier alpha value is -2.70. The zero-order chi connectivity index (χ0) is 20.6. The van der Waals surface area contributed by atoms with Gasteiger partial charge in [0.15, 0.2) is 0 Å². The van der Waals surface area contributed by atoms with Crippen molar-refractivity contribution in [2.24, 2.45) is 5.10 Å². The second kappa shape index (κ2) is 10.2. The molecule has 150 valence electrons. The minimum atomic E-state index is -0.972. The normalized spacial score (nSPS) is 11.1. The van der Waals surface area contributed by atoms with Crippen molar-refractivity contribution in [1.82, 2.24) is 4.98 Å². The van der Waals surface area contributed by atoms with Gasteiger partial charge in [0.25, 0.3) is 0 Å². The van der Waals surface area contributed by atoms with Crippen molar-refractivity contribution in [3.63, 3.8) is 0 Å². The highest BCUT2D eigenvalue weighted by molar-refractivity contribution is 7.14. The maximum Gasteiger partial charge on any atom is 0.336 e. The van der Waals surface area contributed by atoms with Crippen LogP contribution in [-0.2, 0) is 0 Å². The van der Waals surface area contributed by atoms with Crippen LogP contribution in [0.2, 0.25) is 5.02 Å². The van der Waals surface area contributed by atoms with Gasteiger partial charge in [0.1, 0.15) is 0 Å². The first kappa shape index (κ1) is 21.0. The molecule has 1 aromatic heterocycles. The van der Waals surface area contributed by atoms with Crippen LogP contribution in [0.25, 0.3) is 11.3 Å². The Labute approximate surface area is 179 Å². The number of hydrogen-bond donors (Lipinski definition) is 1. The van der Waals surface area contributed by atoms with Crippen molar-refractivity contribution >= 4 is 40.3 Å². The fourth-order valence-corrected chi connectivity index (χ4v) is 3.87. The molecule has 0 aliphatic rings. The van der Waals surface area contributed by atoms with E-state index in [0.717, 1.165) is 35.7 Å². The van der Waals surface area contributed by atoms with Gasteiger partial charge in [0.05, 0.1) is 17.5 Å². The highest BCUT2D eigenvalue weighted by atomic mass is 35.5. The lowest BCUT2D eigenvalue weighted by molar-refractivity contribution is 0.0696. The van der Waals surface area contributed by atoms with Crippen LogP contribution in [-0.4, -0.2) is 28.8 Å². The van der Waals surface area contributed by atoms with Gasteiger partial charge in [-0.3, -0.25) is 0 Å². The Morgan fingerprint density at radius 3 is 2.72 bits per heavy atom. The van der Waals surface area contributed by atoms with Gasteiger partial charge in [-0.05, 0) is 18.6 Å². The van der Waals surface area contributed by atoms with Crippen molar-refractivity contribution in [1.29, 1.82) is 0 Å². The van der Waals surface area contributed by atoms with Crippen molar-refractivity contribution in [2.75, 3.05) is 11.6 Å². The number of aromatic nitrogens is 1. The number of carboxylic acid groups (broad SMARTS) is 1. The number of hydrazone groups is 1. The lowest BCUT2D eigenvalue weighted by Gasteiger charge is -2.15. The monoisotopic (exact) mass is 427 g/mol. The van der Waals surface area contributed by atoms with E-state index in [1.165, 1.54) is 11.3 Å². The molecule has 0 aliphatic carbocycles. The average Bonchev–Trinajstić information content (AvgIpc) is 3.21. The molecule has 7 heteroatoms. The maximum atomic E-state index is 11.4. The molecule has 0 fully saturated rings. The number of carboxylic acids is 1. The summed E-state index contributed by atoms with van der Waals surface area (Å²) >= 11 is 7.80. The number of hydrogen-bond acceptors (Lipinski definition) is 5. The van der Waals surface area contributed by atoms with E-state index >= 15 is 0 Å². The van der Waals surface area contributed by atoms with Crippen LogP contribution in [0.4, 0.5) is 5.13 Å². The molecule has 0 spiro atoms. The Balaban J connectivity index is 1.88. The fourth-order valence-electron chi connectivity index (χ4n) is 2.83. The number of benzene rings is 2. The Kier molecular flexibility index (Phi) is 7.38.